The molecule has 0 aromatic carbocycles. The van der Waals surface area contributed by atoms with E-state index in [0.717, 1.165) is 6.26 Å². The molecule has 0 aromatic rings. The van der Waals surface area contributed by atoms with Crippen LogP contribution in [-0.4, -0.2) is 16.8 Å². The number of rotatable bonds is 3. The Hall–Kier alpha value is -1.12. The minimum atomic E-state index is -0.806. The van der Waals surface area contributed by atoms with Crippen LogP contribution >= 0.6 is 0 Å². The monoisotopic (exact) mass is 130 g/mol. The van der Waals surface area contributed by atoms with Gasteiger partial charge >= 0.3 is 5.95 Å². The zero-order chi connectivity index (χ0) is 7.11. The quantitative estimate of drug-likeness (QED) is 0.345. The minimum absolute atomic E-state index is 0.362. The zero-order valence-electron chi connectivity index (χ0n) is 5.24. The molecule has 0 aliphatic rings. The predicted octanol–water partition coefficient (Wildman–Crippen LogP) is 1.49. The Morgan fingerprint density at radius 1 is 1.56 bits per heavy atom. The highest BCUT2D eigenvalue weighted by Gasteiger charge is 1.79. The standard InChI is InChI=1S/C6H10O3/c1-2-3-4-9-5-6(7)8/h2-3,5,7-8H,4H2,1H3/b3-2+. The molecule has 9 heavy (non-hydrogen) atoms. The third-order valence-electron chi connectivity index (χ3n) is 0.617. The molecular weight excluding hydrogens is 120 g/mol. The number of aliphatic hydroxyl groups is 2. The number of hydrogen-bond acceptors (Lipinski definition) is 3. The van der Waals surface area contributed by atoms with E-state index in [4.69, 9.17) is 10.2 Å². The van der Waals surface area contributed by atoms with Gasteiger partial charge in [0.1, 0.15) is 6.61 Å². The van der Waals surface area contributed by atoms with Crippen molar-refractivity contribution in [3.8, 4) is 0 Å². The Balaban J connectivity index is 3.20. The lowest BCUT2D eigenvalue weighted by atomic mass is 10.6. The van der Waals surface area contributed by atoms with E-state index in [9.17, 15) is 0 Å². The van der Waals surface area contributed by atoms with E-state index in [1.54, 1.807) is 6.08 Å². The molecule has 0 aliphatic carbocycles. The molecule has 0 fully saturated rings. The lowest BCUT2D eigenvalue weighted by Crippen LogP contribution is -1.83. The third-order valence-corrected chi connectivity index (χ3v) is 0.617. The molecule has 0 aliphatic heterocycles. The molecule has 3 nitrogen and oxygen atoms in total. The van der Waals surface area contributed by atoms with Crippen molar-refractivity contribution in [3.63, 3.8) is 0 Å². The zero-order valence-corrected chi connectivity index (χ0v) is 5.24. The second kappa shape index (κ2) is 5.03. The summed E-state index contributed by atoms with van der Waals surface area (Å²) in [6.07, 6.45) is 4.43. The molecule has 52 valence electrons. The molecule has 0 aromatic heterocycles. The first-order valence-electron chi connectivity index (χ1n) is 2.58. The fraction of sp³-hybridized carbons (Fsp3) is 0.333. The van der Waals surface area contributed by atoms with Crippen LogP contribution < -0.4 is 0 Å². The highest BCUT2D eigenvalue weighted by molar-refractivity contribution is 4.78. The molecule has 0 bridgehead atoms. The van der Waals surface area contributed by atoms with Gasteiger partial charge in [-0.2, -0.15) is 0 Å². The van der Waals surface area contributed by atoms with Crippen LogP contribution in [0, 0.1) is 0 Å². The van der Waals surface area contributed by atoms with E-state index in [1.165, 1.54) is 0 Å². The molecule has 0 heterocycles. The maximum Gasteiger partial charge on any atom is 0.310 e. The van der Waals surface area contributed by atoms with Crippen LogP contribution in [0.25, 0.3) is 0 Å². The number of ether oxygens (including phenoxy) is 1. The molecule has 0 unspecified atom stereocenters. The summed E-state index contributed by atoms with van der Waals surface area (Å²) in [6.45, 7) is 2.22. The van der Waals surface area contributed by atoms with Crippen molar-refractivity contribution in [1.29, 1.82) is 0 Å². The number of allylic oxidation sites excluding steroid dienone is 1. The minimum Gasteiger partial charge on any atom is -0.490 e. The Labute approximate surface area is 53.9 Å². The van der Waals surface area contributed by atoms with Crippen LogP contribution in [0.5, 0.6) is 0 Å². The first kappa shape index (κ1) is 7.88. The third kappa shape index (κ3) is 6.88. The van der Waals surface area contributed by atoms with E-state index in [0.29, 0.717) is 6.61 Å². The largest absolute Gasteiger partial charge is 0.490 e. The summed E-state index contributed by atoms with van der Waals surface area (Å²) >= 11 is 0. The van der Waals surface area contributed by atoms with E-state index in [2.05, 4.69) is 4.74 Å². The summed E-state index contributed by atoms with van der Waals surface area (Å²) in [5.41, 5.74) is 0. The van der Waals surface area contributed by atoms with Gasteiger partial charge in [-0.25, -0.2) is 0 Å². The van der Waals surface area contributed by atoms with Gasteiger partial charge in [-0.05, 0) is 6.92 Å². The highest BCUT2D eigenvalue weighted by atomic mass is 16.5. The van der Waals surface area contributed by atoms with Gasteiger partial charge < -0.3 is 14.9 Å². The fourth-order valence-electron chi connectivity index (χ4n) is 0.274. The normalized spacial score (nSPS) is 9.44. The molecule has 0 saturated carbocycles. The van der Waals surface area contributed by atoms with Crippen molar-refractivity contribution < 1.29 is 14.9 Å². The molecule has 0 rings (SSSR count). The molecule has 2 N–H and O–H groups in total. The Kier molecular flexibility index (Phi) is 4.40. The van der Waals surface area contributed by atoms with Crippen LogP contribution in [-0.2, 0) is 4.74 Å². The van der Waals surface area contributed by atoms with Gasteiger partial charge in [0, 0.05) is 0 Å². The molecule has 0 radical (unpaired) electrons. The average molecular weight is 130 g/mol. The van der Waals surface area contributed by atoms with Crippen molar-refractivity contribution in [3.05, 3.63) is 24.4 Å². The summed E-state index contributed by atoms with van der Waals surface area (Å²) in [5, 5.41) is 16.2. The van der Waals surface area contributed by atoms with Crippen LogP contribution in [0.15, 0.2) is 24.4 Å². The molecule has 0 amide bonds. The van der Waals surface area contributed by atoms with E-state index >= 15 is 0 Å². The van der Waals surface area contributed by atoms with Gasteiger partial charge in [-0.3, -0.25) is 0 Å². The molecule has 3 heteroatoms. The topological polar surface area (TPSA) is 49.7 Å². The molecule has 0 saturated heterocycles. The number of aliphatic hydroxyl groups excluding tert-OH is 1. The van der Waals surface area contributed by atoms with Crippen molar-refractivity contribution in [2.45, 2.75) is 6.92 Å². The Morgan fingerprint density at radius 2 is 2.22 bits per heavy atom. The molecule has 0 spiro atoms. The number of hydrogen-bond donors (Lipinski definition) is 2. The van der Waals surface area contributed by atoms with Crippen LogP contribution in [0.1, 0.15) is 6.92 Å². The maximum absolute atomic E-state index is 8.12. The summed E-state index contributed by atoms with van der Waals surface area (Å²) in [6, 6.07) is 0. The highest BCUT2D eigenvalue weighted by Crippen LogP contribution is 1.82. The van der Waals surface area contributed by atoms with Crippen molar-refractivity contribution in [1.82, 2.24) is 0 Å². The first-order chi connectivity index (χ1) is 4.27. The lowest BCUT2D eigenvalue weighted by molar-refractivity contribution is 0.154. The van der Waals surface area contributed by atoms with Gasteiger partial charge in [-0.15, -0.1) is 0 Å². The Bertz CT molecular complexity index is 111. The lowest BCUT2D eigenvalue weighted by Gasteiger charge is -1.91. The smallest absolute Gasteiger partial charge is 0.310 e. The van der Waals surface area contributed by atoms with Crippen LogP contribution in [0.4, 0.5) is 0 Å². The molecule has 0 atom stereocenters. The summed E-state index contributed by atoms with van der Waals surface area (Å²) in [5.74, 6) is -0.806. The van der Waals surface area contributed by atoms with Gasteiger partial charge in [0.2, 0.25) is 0 Å². The average Bonchev–Trinajstić information content (AvgIpc) is 1.80. The SMILES string of the molecule is C/C=C/COC=C(O)O. The van der Waals surface area contributed by atoms with Gasteiger partial charge in [0.15, 0.2) is 6.26 Å². The first-order valence-corrected chi connectivity index (χ1v) is 2.58. The summed E-state index contributed by atoms with van der Waals surface area (Å²) < 4.78 is 4.59. The van der Waals surface area contributed by atoms with Gasteiger partial charge in [0.05, 0.1) is 0 Å². The second-order valence-corrected chi connectivity index (χ2v) is 1.38. The summed E-state index contributed by atoms with van der Waals surface area (Å²) in [4.78, 5) is 0. The Morgan fingerprint density at radius 3 is 2.67 bits per heavy atom. The fourth-order valence-corrected chi connectivity index (χ4v) is 0.274. The second-order valence-electron chi connectivity index (χ2n) is 1.38. The molecular formula is C6H10O3. The van der Waals surface area contributed by atoms with E-state index in [1.807, 2.05) is 13.0 Å². The van der Waals surface area contributed by atoms with E-state index in [-0.39, 0.29) is 0 Å². The predicted molar refractivity (Wildman–Crippen MR) is 34.1 cm³/mol. The van der Waals surface area contributed by atoms with Crippen molar-refractivity contribution in [2.24, 2.45) is 0 Å². The van der Waals surface area contributed by atoms with Crippen molar-refractivity contribution in [2.75, 3.05) is 6.61 Å². The maximum atomic E-state index is 8.12. The van der Waals surface area contributed by atoms with E-state index < -0.39 is 5.95 Å². The summed E-state index contributed by atoms with van der Waals surface area (Å²) in [7, 11) is 0. The van der Waals surface area contributed by atoms with Gasteiger partial charge in [0.25, 0.3) is 0 Å². The van der Waals surface area contributed by atoms with Crippen LogP contribution in [0.2, 0.25) is 0 Å². The van der Waals surface area contributed by atoms with Gasteiger partial charge in [-0.1, -0.05) is 12.2 Å². The van der Waals surface area contributed by atoms with Crippen molar-refractivity contribution >= 4 is 0 Å². The van der Waals surface area contributed by atoms with Crippen LogP contribution in [0.3, 0.4) is 0 Å².